The Balaban J connectivity index is 1.95. The lowest BCUT2D eigenvalue weighted by molar-refractivity contribution is -0.181. The van der Waals surface area contributed by atoms with Crippen LogP contribution < -0.4 is 10.1 Å². The van der Waals surface area contributed by atoms with Crippen LogP contribution in [0.3, 0.4) is 0 Å². The Bertz CT molecular complexity index is 1480. The summed E-state index contributed by atoms with van der Waals surface area (Å²) in [5, 5.41) is 12.3. The summed E-state index contributed by atoms with van der Waals surface area (Å²) in [6, 6.07) is 24.1. The normalized spacial score (nSPS) is 13.4. The molecule has 10 nitrogen and oxygen atoms in total. The summed E-state index contributed by atoms with van der Waals surface area (Å²) in [5.41, 5.74) is -1.52. The van der Waals surface area contributed by atoms with E-state index in [4.69, 9.17) is 18.9 Å². The number of rotatable bonds is 14. The van der Waals surface area contributed by atoms with Gasteiger partial charge in [-0.2, -0.15) is 0 Å². The second-order valence-corrected chi connectivity index (χ2v) is 13.3. The molecule has 10 heteroatoms. The van der Waals surface area contributed by atoms with Gasteiger partial charge < -0.3 is 29.4 Å². The minimum atomic E-state index is -1.96. The average Bonchev–Trinajstić information content (AvgIpc) is 3.00. The highest BCUT2D eigenvalue weighted by Crippen LogP contribution is 2.36. The van der Waals surface area contributed by atoms with E-state index < -0.39 is 46.7 Å². The first kappa shape index (κ1) is 36.6. The lowest BCUT2D eigenvalue weighted by Crippen LogP contribution is -2.49. The van der Waals surface area contributed by atoms with Gasteiger partial charge in [-0.15, -0.1) is 0 Å². The molecule has 2 N–H and O–H groups in total. The zero-order chi connectivity index (χ0) is 34.7. The molecule has 0 aliphatic rings. The molecule has 47 heavy (non-hydrogen) atoms. The summed E-state index contributed by atoms with van der Waals surface area (Å²) in [6.07, 6.45) is -1.71. The van der Waals surface area contributed by atoms with E-state index in [9.17, 15) is 24.3 Å². The number of amides is 1. The van der Waals surface area contributed by atoms with Gasteiger partial charge >= 0.3 is 24.0 Å². The first-order chi connectivity index (χ1) is 22.1. The predicted molar refractivity (Wildman–Crippen MR) is 175 cm³/mol. The number of nitrogens with one attached hydrogen (secondary N) is 1. The Hall–Kier alpha value is -4.86. The summed E-state index contributed by atoms with van der Waals surface area (Å²) in [4.78, 5) is 52.9. The summed E-state index contributed by atoms with van der Waals surface area (Å²) >= 11 is 0. The number of carboxylic acids is 1. The highest BCUT2D eigenvalue weighted by Gasteiger charge is 2.50. The summed E-state index contributed by atoms with van der Waals surface area (Å²) < 4.78 is 22.7. The van der Waals surface area contributed by atoms with Crippen molar-refractivity contribution in [2.24, 2.45) is 5.41 Å². The third kappa shape index (κ3) is 12.1. The van der Waals surface area contributed by atoms with Gasteiger partial charge in [-0.05, 0) is 89.6 Å². The molecule has 0 bridgehead atoms. The molecule has 0 aromatic heterocycles. The van der Waals surface area contributed by atoms with Crippen LogP contribution in [0.1, 0.15) is 71.1 Å². The molecule has 2 atom stereocenters. The fourth-order valence-corrected chi connectivity index (χ4v) is 4.65. The van der Waals surface area contributed by atoms with Crippen molar-refractivity contribution in [3.63, 3.8) is 0 Å². The zero-order valence-electron chi connectivity index (χ0n) is 27.9. The molecule has 0 spiro atoms. The van der Waals surface area contributed by atoms with Crippen LogP contribution in [-0.2, 0) is 48.2 Å². The van der Waals surface area contributed by atoms with Crippen LogP contribution in [-0.4, -0.2) is 46.4 Å². The van der Waals surface area contributed by atoms with Crippen molar-refractivity contribution in [2.75, 3.05) is 0 Å². The van der Waals surface area contributed by atoms with E-state index in [1.165, 1.54) is 0 Å². The van der Waals surface area contributed by atoms with Gasteiger partial charge in [-0.3, -0.25) is 9.59 Å². The van der Waals surface area contributed by atoms with Gasteiger partial charge in [-0.1, -0.05) is 72.8 Å². The molecule has 0 heterocycles. The van der Waals surface area contributed by atoms with Gasteiger partial charge in [0.2, 0.25) is 0 Å². The number of hydrogen-bond donors (Lipinski definition) is 2. The van der Waals surface area contributed by atoms with E-state index in [0.29, 0.717) is 23.5 Å². The van der Waals surface area contributed by atoms with Crippen molar-refractivity contribution in [1.29, 1.82) is 0 Å². The topological polar surface area (TPSA) is 137 Å². The number of carboxylic acid groups (broad SMARTS) is 1. The minimum Gasteiger partial charge on any atom is -0.489 e. The second kappa shape index (κ2) is 16.1. The Morgan fingerprint density at radius 1 is 0.681 bits per heavy atom. The van der Waals surface area contributed by atoms with E-state index in [-0.39, 0.29) is 25.9 Å². The van der Waals surface area contributed by atoms with E-state index in [1.807, 2.05) is 36.4 Å². The number of carbonyl (C=O) groups excluding carboxylic acids is 3. The molecule has 3 aromatic carbocycles. The maximum atomic E-state index is 14.1. The van der Waals surface area contributed by atoms with Crippen LogP contribution in [0.4, 0.5) is 4.79 Å². The van der Waals surface area contributed by atoms with Gasteiger partial charge in [0.25, 0.3) is 0 Å². The lowest BCUT2D eigenvalue weighted by atomic mass is 9.76. The molecule has 3 rings (SSSR count). The molecular formula is C37H45NO9. The van der Waals surface area contributed by atoms with Crippen molar-refractivity contribution in [2.45, 2.75) is 91.3 Å². The molecule has 1 amide bonds. The number of esters is 2. The molecule has 3 aromatic rings. The second-order valence-electron chi connectivity index (χ2n) is 13.3. The largest absolute Gasteiger partial charge is 0.489 e. The van der Waals surface area contributed by atoms with Crippen molar-refractivity contribution < 1.29 is 43.2 Å². The quantitative estimate of drug-likeness (QED) is 0.112. The molecule has 0 aliphatic carbocycles. The average molecular weight is 648 g/mol. The summed E-state index contributed by atoms with van der Waals surface area (Å²) in [6.45, 7) is 10.2. The van der Waals surface area contributed by atoms with Crippen LogP contribution in [0.2, 0.25) is 0 Å². The monoisotopic (exact) mass is 647 g/mol. The van der Waals surface area contributed by atoms with E-state index in [2.05, 4.69) is 5.32 Å². The predicted octanol–water partition coefficient (Wildman–Crippen LogP) is 6.64. The summed E-state index contributed by atoms with van der Waals surface area (Å²) in [5.74, 6) is -2.51. The van der Waals surface area contributed by atoms with Gasteiger partial charge in [0.15, 0.2) is 5.41 Å². The molecule has 0 aliphatic heterocycles. The number of aliphatic carboxylic acids is 1. The van der Waals surface area contributed by atoms with Crippen molar-refractivity contribution >= 4 is 24.0 Å². The fraction of sp³-hybridized carbons (Fsp3) is 0.405. The highest BCUT2D eigenvalue weighted by atomic mass is 16.6. The summed E-state index contributed by atoms with van der Waals surface area (Å²) in [7, 11) is 0. The zero-order valence-corrected chi connectivity index (χ0v) is 27.9. The number of ether oxygens (including phenoxy) is 4. The Morgan fingerprint density at radius 2 is 1.21 bits per heavy atom. The van der Waals surface area contributed by atoms with Crippen molar-refractivity contribution in [3.8, 4) is 5.75 Å². The van der Waals surface area contributed by atoms with E-state index in [1.54, 1.807) is 90.1 Å². The number of carbonyl (C=O) groups is 4. The molecule has 1 unspecified atom stereocenters. The molecular weight excluding hydrogens is 602 g/mol. The van der Waals surface area contributed by atoms with Crippen molar-refractivity contribution in [3.05, 3.63) is 102 Å². The van der Waals surface area contributed by atoms with Gasteiger partial charge in [0.1, 0.15) is 36.2 Å². The molecule has 0 fully saturated rings. The van der Waals surface area contributed by atoms with Crippen LogP contribution in [0.15, 0.2) is 84.9 Å². The van der Waals surface area contributed by atoms with Crippen LogP contribution in [0.25, 0.3) is 0 Å². The Morgan fingerprint density at radius 3 is 1.72 bits per heavy atom. The van der Waals surface area contributed by atoms with Crippen LogP contribution >= 0.6 is 0 Å². The number of hydrogen-bond acceptors (Lipinski definition) is 8. The molecule has 0 radical (unpaired) electrons. The standard InChI is InChI=1S/C37H45NO9/c1-35(2,3)46-33(42)37(32(41)45-25-28-15-11-8-12-16-28,22-21-30(31(39)40)38-34(43)47-36(4,5)6)23-26-17-19-29(20-18-26)44-24-27-13-9-7-10-14-27/h7-20,30H,21-25H2,1-6H3,(H,38,43)(H,39,40)/t30-,37?/m0/s1. The van der Waals surface area contributed by atoms with Gasteiger partial charge in [-0.25, -0.2) is 9.59 Å². The third-order valence-electron chi connectivity index (χ3n) is 6.92. The minimum absolute atomic E-state index is 0.116. The van der Waals surface area contributed by atoms with Crippen molar-refractivity contribution in [1.82, 2.24) is 5.32 Å². The number of benzene rings is 3. The smallest absolute Gasteiger partial charge is 0.408 e. The van der Waals surface area contributed by atoms with E-state index in [0.717, 1.165) is 5.56 Å². The van der Waals surface area contributed by atoms with Crippen LogP contribution in [0.5, 0.6) is 5.75 Å². The number of alkyl carbamates (subject to hydrolysis) is 1. The Labute approximate surface area is 276 Å². The van der Waals surface area contributed by atoms with Gasteiger partial charge in [0.05, 0.1) is 0 Å². The SMILES string of the molecule is CC(C)(C)OC(=O)N[C@@H](CCC(Cc1ccc(OCc2ccccc2)cc1)(C(=O)OCc1ccccc1)C(=O)OC(C)(C)C)C(=O)O. The Kier molecular flexibility index (Phi) is 12.5. The van der Waals surface area contributed by atoms with Gasteiger partial charge in [0, 0.05) is 0 Å². The molecule has 0 saturated heterocycles. The lowest BCUT2D eigenvalue weighted by Gasteiger charge is -2.33. The highest BCUT2D eigenvalue weighted by molar-refractivity contribution is 6.00. The maximum Gasteiger partial charge on any atom is 0.408 e. The maximum absolute atomic E-state index is 14.1. The fourth-order valence-electron chi connectivity index (χ4n) is 4.65. The third-order valence-corrected chi connectivity index (χ3v) is 6.92. The first-order valence-corrected chi connectivity index (χ1v) is 15.5. The molecule has 252 valence electrons. The van der Waals surface area contributed by atoms with Crippen LogP contribution in [0, 0.1) is 5.41 Å². The molecule has 0 saturated carbocycles. The van der Waals surface area contributed by atoms with E-state index >= 15 is 0 Å². The first-order valence-electron chi connectivity index (χ1n) is 15.5.